The lowest BCUT2D eigenvalue weighted by molar-refractivity contribution is -0.268. The van der Waals surface area contributed by atoms with Crippen molar-refractivity contribution in [2.24, 2.45) is 0 Å². The van der Waals surface area contributed by atoms with E-state index in [9.17, 15) is 24.0 Å². The molecule has 12 heteroatoms. The minimum atomic E-state index is -1.37. The molecule has 0 aromatic heterocycles. The van der Waals surface area contributed by atoms with Gasteiger partial charge in [-0.2, -0.15) is 0 Å². The third-order valence-electron chi connectivity index (χ3n) is 5.16. The van der Waals surface area contributed by atoms with E-state index in [4.69, 9.17) is 28.4 Å². The molecule has 6 atom stereocenters. The van der Waals surface area contributed by atoms with Gasteiger partial charge in [0, 0.05) is 39.1 Å². The van der Waals surface area contributed by atoms with Crippen LogP contribution in [0.15, 0.2) is 22.7 Å². The van der Waals surface area contributed by atoms with E-state index in [-0.39, 0.29) is 6.61 Å². The molecule has 1 saturated heterocycles. The SMILES string of the molecule is CC(=O)OCC1O[C@H]([C@H](OC(C)=O)c2ccc(Br)cc2C)C(OC(C)=O)C(OC(C)=O)[C@@H]1OC(C)=O. The van der Waals surface area contributed by atoms with Gasteiger partial charge in [-0.25, -0.2) is 0 Å². The number of benzene rings is 1. The molecule has 0 N–H and O–H groups in total. The third-order valence-corrected chi connectivity index (χ3v) is 5.65. The average molecular weight is 573 g/mol. The molecule has 0 bridgehead atoms. The van der Waals surface area contributed by atoms with Crippen LogP contribution in [0.3, 0.4) is 0 Å². The predicted molar refractivity (Wildman–Crippen MR) is 125 cm³/mol. The van der Waals surface area contributed by atoms with Gasteiger partial charge in [-0.05, 0) is 30.2 Å². The zero-order valence-corrected chi connectivity index (χ0v) is 22.4. The molecule has 36 heavy (non-hydrogen) atoms. The summed E-state index contributed by atoms with van der Waals surface area (Å²) in [6, 6.07) is 5.21. The molecule has 1 aliphatic heterocycles. The molecule has 1 heterocycles. The molecule has 1 aromatic carbocycles. The number of esters is 5. The summed E-state index contributed by atoms with van der Waals surface area (Å²) in [4.78, 5) is 59.7. The lowest BCUT2D eigenvalue weighted by Crippen LogP contribution is -2.63. The number of hydrogen-bond acceptors (Lipinski definition) is 11. The quantitative estimate of drug-likeness (QED) is 0.335. The van der Waals surface area contributed by atoms with Gasteiger partial charge < -0.3 is 28.4 Å². The maximum absolute atomic E-state index is 12.1. The van der Waals surface area contributed by atoms with Gasteiger partial charge in [-0.15, -0.1) is 0 Å². The van der Waals surface area contributed by atoms with E-state index in [2.05, 4.69) is 15.9 Å². The Balaban J connectivity index is 2.69. The Labute approximate surface area is 216 Å². The highest BCUT2D eigenvalue weighted by Gasteiger charge is 2.55. The minimum Gasteiger partial charge on any atom is -0.463 e. The fraction of sp³-hybridized carbons (Fsp3) is 0.542. The van der Waals surface area contributed by atoms with E-state index in [0.717, 1.165) is 25.2 Å². The molecule has 0 amide bonds. The highest BCUT2D eigenvalue weighted by molar-refractivity contribution is 9.10. The lowest BCUT2D eigenvalue weighted by Gasteiger charge is -2.46. The first-order valence-electron chi connectivity index (χ1n) is 11.0. The smallest absolute Gasteiger partial charge is 0.303 e. The monoisotopic (exact) mass is 572 g/mol. The Morgan fingerprint density at radius 3 is 1.89 bits per heavy atom. The Morgan fingerprint density at radius 1 is 0.833 bits per heavy atom. The molecule has 1 fully saturated rings. The highest BCUT2D eigenvalue weighted by atomic mass is 79.9. The van der Waals surface area contributed by atoms with E-state index >= 15 is 0 Å². The lowest BCUT2D eigenvalue weighted by atomic mass is 9.87. The number of carbonyl (C=O) groups is 5. The van der Waals surface area contributed by atoms with Crippen LogP contribution in [0.2, 0.25) is 0 Å². The molecule has 1 aromatic rings. The van der Waals surface area contributed by atoms with E-state index < -0.39 is 66.5 Å². The Bertz CT molecular complexity index is 1010. The van der Waals surface area contributed by atoms with Crippen molar-refractivity contribution in [3.05, 3.63) is 33.8 Å². The summed E-state index contributed by atoms with van der Waals surface area (Å²) in [6.45, 7) is 7.17. The van der Waals surface area contributed by atoms with Crippen LogP contribution in [0.1, 0.15) is 51.8 Å². The first kappa shape index (κ1) is 29.2. The van der Waals surface area contributed by atoms with Crippen molar-refractivity contribution in [2.45, 2.75) is 78.2 Å². The summed E-state index contributed by atoms with van der Waals surface area (Å²) in [5.41, 5.74) is 1.23. The molecule has 0 saturated carbocycles. The maximum atomic E-state index is 12.1. The van der Waals surface area contributed by atoms with Gasteiger partial charge in [-0.3, -0.25) is 24.0 Å². The number of halogens is 1. The highest BCUT2D eigenvalue weighted by Crippen LogP contribution is 2.38. The topological polar surface area (TPSA) is 141 Å². The molecule has 0 spiro atoms. The van der Waals surface area contributed by atoms with Crippen molar-refractivity contribution >= 4 is 45.8 Å². The molecule has 3 unspecified atom stereocenters. The van der Waals surface area contributed by atoms with Crippen molar-refractivity contribution in [1.29, 1.82) is 0 Å². The van der Waals surface area contributed by atoms with Crippen LogP contribution < -0.4 is 0 Å². The Kier molecular flexibility index (Phi) is 10.4. The molecule has 198 valence electrons. The van der Waals surface area contributed by atoms with Crippen LogP contribution in [-0.2, 0) is 52.4 Å². The fourth-order valence-corrected chi connectivity index (χ4v) is 4.43. The van der Waals surface area contributed by atoms with Crippen LogP contribution >= 0.6 is 15.9 Å². The van der Waals surface area contributed by atoms with Gasteiger partial charge in [0.05, 0.1) is 0 Å². The molecule has 2 rings (SSSR count). The molecule has 1 aliphatic rings. The van der Waals surface area contributed by atoms with Crippen LogP contribution in [0, 0.1) is 6.92 Å². The van der Waals surface area contributed by atoms with Crippen LogP contribution in [-0.4, -0.2) is 67.0 Å². The molecular weight excluding hydrogens is 544 g/mol. The van der Waals surface area contributed by atoms with Crippen LogP contribution in [0.25, 0.3) is 0 Å². The van der Waals surface area contributed by atoms with Gasteiger partial charge in [0.15, 0.2) is 24.4 Å². The maximum Gasteiger partial charge on any atom is 0.303 e. The van der Waals surface area contributed by atoms with E-state index in [1.54, 1.807) is 25.1 Å². The molecular formula is C24H29BrO11. The average Bonchev–Trinajstić information content (AvgIpc) is 2.73. The summed E-state index contributed by atoms with van der Waals surface area (Å²) in [7, 11) is 0. The second-order valence-corrected chi connectivity index (χ2v) is 9.11. The molecule has 0 aliphatic carbocycles. The molecule has 11 nitrogen and oxygen atoms in total. The van der Waals surface area contributed by atoms with Crippen molar-refractivity contribution < 1.29 is 52.4 Å². The van der Waals surface area contributed by atoms with Gasteiger partial charge >= 0.3 is 29.8 Å². The largest absolute Gasteiger partial charge is 0.463 e. The van der Waals surface area contributed by atoms with Crippen molar-refractivity contribution in [3.63, 3.8) is 0 Å². The summed E-state index contributed by atoms with van der Waals surface area (Å²) < 4.78 is 34.0. The van der Waals surface area contributed by atoms with Crippen molar-refractivity contribution in [3.8, 4) is 0 Å². The Hall–Kier alpha value is -2.99. The third kappa shape index (κ3) is 8.02. The number of carbonyl (C=O) groups excluding carboxylic acids is 5. The fourth-order valence-electron chi connectivity index (χ4n) is 3.95. The number of hydrogen-bond donors (Lipinski definition) is 0. The van der Waals surface area contributed by atoms with Crippen molar-refractivity contribution in [1.82, 2.24) is 0 Å². The zero-order valence-electron chi connectivity index (χ0n) is 20.8. The minimum absolute atomic E-state index is 0.388. The van der Waals surface area contributed by atoms with Crippen molar-refractivity contribution in [2.75, 3.05) is 6.61 Å². The van der Waals surface area contributed by atoms with Gasteiger partial charge in [0.1, 0.15) is 18.8 Å². The standard InChI is InChI=1S/C24H29BrO11/c1-11-9-17(25)7-8-18(11)20(32-13(3)27)22-24(35-16(6)30)23(34-15(5)29)21(33-14(4)28)19(36-22)10-31-12(2)26/h7-9,19-24H,10H2,1-6H3/t19?,20-,21-,22-,23?,24?/m1/s1. The number of aryl methyl sites for hydroxylation is 1. The Morgan fingerprint density at radius 2 is 1.39 bits per heavy atom. The molecule has 0 radical (unpaired) electrons. The normalized spacial score (nSPS) is 24.1. The second-order valence-electron chi connectivity index (χ2n) is 8.19. The summed E-state index contributed by atoms with van der Waals surface area (Å²) >= 11 is 3.39. The summed E-state index contributed by atoms with van der Waals surface area (Å²) in [6.07, 6.45) is -7.59. The first-order chi connectivity index (χ1) is 16.8. The summed E-state index contributed by atoms with van der Waals surface area (Å²) in [5, 5.41) is 0. The van der Waals surface area contributed by atoms with E-state index in [0.29, 0.717) is 11.1 Å². The van der Waals surface area contributed by atoms with Crippen LogP contribution in [0.5, 0.6) is 0 Å². The van der Waals surface area contributed by atoms with Gasteiger partial charge in [0.2, 0.25) is 0 Å². The second kappa shape index (κ2) is 12.8. The first-order valence-corrected chi connectivity index (χ1v) is 11.8. The zero-order chi connectivity index (χ0) is 27.2. The number of rotatable bonds is 8. The number of ether oxygens (including phenoxy) is 6. The van der Waals surface area contributed by atoms with Gasteiger partial charge in [0.25, 0.3) is 0 Å². The van der Waals surface area contributed by atoms with Crippen LogP contribution in [0.4, 0.5) is 0 Å². The summed E-state index contributed by atoms with van der Waals surface area (Å²) in [5.74, 6) is -3.54. The van der Waals surface area contributed by atoms with E-state index in [1.165, 1.54) is 13.8 Å². The predicted octanol–water partition coefficient (Wildman–Crippen LogP) is 2.49. The van der Waals surface area contributed by atoms with E-state index in [1.807, 2.05) is 0 Å². The van der Waals surface area contributed by atoms with Gasteiger partial charge in [-0.1, -0.05) is 22.0 Å².